The maximum atomic E-state index is 5.53. The van der Waals surface area contributed by atoms with Gasteiger partial charge in [-0.25, -0.2) is 9.97 Å². The molecule has 2 aromatic heterocycles. The number of fused-ring (bicyclic) bond motifs is 12. The fraction of sp³-hybridized carbons (Fsp3) is 0.0357. The topological polar surface area (TPSA) is 34.0 Å². The summed E-state index contributed by atoms with van der Waals surface area (Å²) in [5.41, 5.74) is 13.9. The Kier molecular flexibility index (Phi) is 7.10. The molecule has 0 N–H and O–H groups in total. The number of para-hydroxylation sites is 2. The highest BCUT2D eigenvalue weighted by Crippen LogP contribution is 2.56. The Labute approximate surface area is 347 Å². The van der Waals surface area contributed by atoms with Crippen LogP contribution in [0.2, 0.25) is 0 Å². The van der Waals surface area contributed by atoms with Gasteiger partial charge in [-0.05, 0) is 92.0 Å². The molecule has 1 unspecified atom stereocenters. The summed E-state index contributed by atoms with van der Waals surface area (Å²) in [6.07, 6.45) is 3.31. The lowest BCUT2D eigenvalue weighted by Crippen LogP contribution is -2.18. The van der Waals surface area contributed by atoms with E-state index in [2.05, 4.69) is 210 Å². The Morgan fingerprint density at radius 2 is 1.12 bits per heavy atom. The molecule has 1 atom stereocenters. The van der Waals surface area contributed by atoms with E-state index < -0.39 is 0 Å². The minimum absolute atomic E-state index is 0.143. The van der Waals surface area contributed by atoms with Crippen LogP contribution in [0.15, 0.2) is 200 Å². The third kappa shape index (κ3) is 4.85. The van der Waals surface area contributed by atoms with Gasteiger partial charge in [-0.1, -0.05) is 164 Å². The van der Waals surface area contributed by atoms with Crippen LogP contribution in [0.4, 0.5) is 11.4 Å². The second-order valence-corrected chi connectivity index (χ2v) is 16.1. The summed E-state index contributed by atoms with van der Waals surface area (Å²) in [6.45, 7) is 0. The second-order valence-electron chi connectivity index (χ2n) is 16.1. The summed E-state index contributed by atoms with van der Waals surface area (Å²) in [5, 5.41) is 9.90. The van der Waals surface area contributed by atoms with Crippen LogP contribution in [0.5, 0.6) is 0 Å². The second kappa shape index (κ2) is 12.8. The Morgan fingerprint density at radius 1 is 0.450 bits per heavy atom. The number of benzene rings is 9. The normalized spacial score (nSPS) is 14.5. The number of rotatable bonds is 4. The standard InChI is InChI=1S/C56H36N4/c1-2-14-35(15-3-1)38-19-12-20-39(32-38)55-45-24-8-10-25-48(45)57-56(58-55)60-50-26-11-9-23-43(50)46-33-47-53(34-52(46)60)59(49-27-13-18-36-16-5-7-22-41(36)49)51-31-30-42-40-21-6-4-17-37(40)28-29-44(42)54(47)51/h1-32,34,47H,33H2. The van der Waals surface area contributed by atoms with Crippen molar-refractivity contribution >= 4 is 71.6 Å². The van der Waals surface area contributed by atoms with E-state index in [0.717, 1.165) is 45.4 Å². The largest absolute Gasteiger partial charge is 0.313 e. The van der Waals surface area contributed by atoms with Crippen molar-refractivity contribution in [2.24, 2.45) is 0 Å². The van der Waals surface area contributed by atoms with Crippen LogP contribution in [-0.2, 0) is 6.42 Å². The van der Waals surface area contributed by atoms with Crippen molar-refractivity contribution in [3.63, 3.8) is 0 Å². The van der Waals surface area contributed by atoms with Gasteiger partial charge in [0.1, 0.15) is 0 Å². The smallest absolute Gasteiger partial charge is 0.235 e. The molecule has 0 saturated carbocycles. The highest BCUT2D eigenvalue weighted by atomic mass is 15.2. The monoisotopic (exact) mass is 764 g/mol. The van der Waals surface area contributed by atoms with Gasteiger partial charge in [0.25, 0.3) is 0 Å². The average molecular weight is 765 g/mol. The molecular weight excluding hydrogens is 729 g/mol. The quantitative estimate of drug-likeness (QED) is 0.167. The number of hydrogen-bond acceptors (Lipinski definition) is 3. The molecule has 1 aliphatic heterocycles. The molecule has 60 heavy (non-hydrogen) atoms. The van der Waals surface area contributed by atoms with Crippen molar-refractivity contribution in [1.29, 1.82) is 0 Å². The summed E-state index contributed by atoms with van der Waals surface area (Å²) >= 11 is 0. The Balaban J connectivity index is 1.07. The molecule has 280 valence electrons. The number of aromatic nitrogens is 3. The lowest BCUT2D eigenvalue weighted by Gasteiger charge is -2.28. The van der Waals surface area contributed by atoms with Crippen LogP contribution in [0.3, 0.4) is 0 Å². The molecular formula is C56H36N4. The van der Waals surface area contributed by atoms with Crippen LogP contribution in [0.1, 0.15) is 22.7 Å². The fourth-order valence-electron chi connectivity index (χ4n) is 10.3. The zero-order chi connectivity index (χ0) is 39.3. The Hall–Kier alpha value is -7.82. The predicted molar refractivity (Wildman–Crippen MR) is 249 cm³/mol. The molecule has 11 aromatic rings. The van der Waals surface area contributed by atoms with Crippen LogP contribution < -0.4 is 4.90 Å². The van der Waals surface area contributed by atoms with Crippen molar-refractivity contribution < 1.29 is 0 Å². The van der Waals surface area contributed by atoms with Crippen molar-refractivity contribution in [1.82, 2.24) is 14.5 Å². The molecule has 13 rings (SSSR count). The van der Waals surface area contributed by atoms with E-state index in [4.69, 9.17) is 9.97 Å². The highest BCUT2D eigenvalue weighted by molar-refractivity contribution is 6.12. The summed E-state index contributed by atoms with van der Waals surface area (Å²) in [4.78, 5) is 13.4. The molecule has 0 bridgehead atoms. The molecule has 0 spiro atoms. The highest BCUT2D eigenvalue weighted by Gasteiger charge is 2.41. The maximum absolute atomic E-state index is 5.53. The first-order valence-electron chi connectivity index (χ1n) is 20.8. The molecule has 4 heteroatoms. The Morgan fingerprint density at radius 3 is 2.00 bits per heavy atom. The van der Waals surface area contributed by atoms with Crippen LogP contribution >= 0.6 is 0 Å². The zero-order valence-electron chi connectivity index (χ0n) is 32.6. The lowest BCUT2D eigenvalue weighted by atomic mass is 9.83. The van der Waals surface area contributed by atoms with Gasteiger partial charge in [-0.2, -0.15) is 0 Å². The SMILES string of the molecule is C1=C2C(Cc3c1n(-c1nc(-c4cccc(-c5ccccc5)c4)c4ccccc4n1)c1ccccc31)c1c(ccc3c1ccc1ccccc13)N2c1cccc2ccccc12. The predicted octanol–water partition coefficient (Wildman–Crippen LogP) is 14.2. The molecule has 9 aromatic carbocycles. The lowest BCUT2D eigenvalue weighted by molar-refractivity contribution is 0.798. The van der Waals surface area contributed by atoms with E-state index in [-0.39, 0.29) is 5.92 Å². The van der Waals surface area contributed by atoms with Gasteiger partial charge in [0, 0.05) is 33.3 Å². The van der Waals surface area contributed by atoms with E-state index in [1.807, 2.05) is 0 Å². The molecule has 2 aliphatic rings. The minimum atomic E-state index is 0.143. The van der Waals surface area contributed by atoms with Crippen LogP contribution in [0, 0.1) is 0 Å². The minimum Gasteiger partial charge on any atom is -0.313 e. The summed E-state index contributed by atoms with van der Waals surface area (Å²) < 4.78 is 2.32. The molecule has 0 fully saturated rings. The molecule has 3 heterocycles. The van der Waals surface area contributed by atoms with Crippen molar-refractivity contribution in [3.05, 3.63) is 217 Å². The van der Waals surface area contributed by atoms with Crippen LogP contribution in [0.25, 0.3) is 88.5 Å². The number of nitrogens with zero attached hydrogens (tertiary/aromatic N) is 4. The van der Waals surface area contributed by atoms with Gasteiger partial charge >= 0.3 is 0 Å². The number of anilines is 2. The van der Waals surface area contributed by atoms with Gasteiger partial charge in [-0.3, -0.25) is 4.57 Å². The number of allylic oxidation sites excluding steroid dienone is 1. The van der Waals surface area contributed by atoms with E-state index in [0.29, 0.717) is 5.95 Å². The zero-order valence-corrected chi connectivity index (χ0v) is 32.6. The average Bonchev–Trinajstić information content (AvgIpc) is 3.82. The van der Waals surface area contributed by atoms with Gasteiger partial charge in [0.05, 0.1) is 33.8 Å². The molecule has 0 amide bonds. The molecule has 0 radical (unpaired) electrons. The third-order valence-corrected chi connectivity index (χ3v) is 12.9. The molecule has 0 saturated heterocycles. The van der Waals surface area contributed by atoms with Crippen molar-refractivity contribution in [3.8, 4) is 28.3 Å². The third-order valence-electron chi connectivity index (χ3n) is 12.9. The van der Waals surface area contributed by atoms with Gasteiger partial charge < -0.3 is 4.90 Å². The van der Waals surface area contributed by atoms with Crippen LogP contribution in [-0.4, -0.2) is 14.5 Å². The molecule has 4 nitrogen and oxygen atoms in total. The molecule has 1 aliphatic carbocycles. The van der Waals surface area contributed by atoms with Gasteiger partial charge in [0.2, 0.25) is 5.95 Å². The van der Waals surface area contributed by atoms with Gasteiger partial charge in [0.15, 0.2) is 0 Å². The first-order chi connectivity index (χ1) is 29.8. The van der Waals surface area contributed by atoms with Crippen molar-refractivity contribution in [2.45, 2.75) is 12.3 Å². The first-order valence-corrected chi connectivity index (χ1v) is 20.8. The summed E-state index contributed by atoms with van der Waals surface area (Å²) in [7, 11) is 0. The fourth-order valence-corrected chi connectivity index (χ4v) is 10.3. The maximum Gasteiger partial charge on any atom is 0.235 e. The summed E-state index contributed by atoms with van der Waals surface area (Å²) in [5.74, 6) is 0.815. The van der Waals surface area contributed by atoms with Crippen molar-refractivity contribution in [2.75, 3.05) is 4.90 Å². The van der Waals surface area contributed by atoms with E-state index in [1.165, 1.54) is 71.5 Å². The first kappa shape index (κ1) is 33.2. The van der Waals surface area contributed by atoms with E-state index in [9.17, 15) is 0 Å². The van der Waals surface area contributed by atoms with Gasteiger partial charge in [-0.15, -0.1) is 0 Å². The Bertz CT molecular complexity index is 3590. The summed E-state index contributed by atoms with van der Waals surface area (Å²) in [6, 6.07) is 70.1. The van der Waals surface area contributed by atoms with E-state index >= 15 is 0 Å². The number of hydrogen-bond donors (Lipinski definition) is 0. The van der Waals surface area contributed by atoms with E-state index in [1.54, 1.807) is 0 Å².